The van der Waals surface area contributed by atoms with Crippen LogP contribution in [0.15, 0.2) is 48.7 Å². The monoisotopic (exact) mass is 382 g/mol. The summed E-state index contributed by atoms with van der Waals surface area (Å²) in [6.07, 6.45) is 5.98. The van der Waals surface area contributed by atoms with Crippen molar-refractivity contribution in [3.63, 3.8) is 0 Å². The van der Waals surface area contributed by atoms with Crippen LogP contribution in [0.5, 0.6) is 0 Å². The van der Waals surface area contributed by atoms with Crippen LogP contribution < -0.4 is 10.2 Å². The Morgan fingerprint density at radius 2 is 1.85 bits per heavy atom. The van der Waals surface area contributed by atoms with Crippen molar-refractivity contribution in [1.82, 2.24) is 9.78 Å². The van der Waals surface area contributed by atoms with E-state index in [1.165, 1.54) is 24.9 Å². The summed E-state index contributed by atoms with van der Waals surface area (Å²) in [4.78, 5) is 14.7. The molecule has 4 rings (SSSR count). The number of nitrogens with zero attached hydrogens (tertiary/aromatic N) is 3. The van der Waals surface area contributed by atoms with Gasteiger partial charge in [0.2, 0.25) is 5.91 Å². The van der Waals surface area contributed by atoms with Crippen LogP contribution in [0.2, 0.25) is 5.02 Å². The van der Waals surface area contributed by atoms with Crippen molar-refractivity contribution in [3.8, 4) is 0 Å². The highest BCUT2D eigenvalue weighted by atomic mass is 35.5. The lowest BCUT2D eigenvalue weighted by atomic mass is 10.1. The fourth-order valence-corrected chi connectivity index (χ4v) is 3.76. The number of aromatic nitrogens is 2. The molecule has 27 heavy (non-hydrogen) atoms. The van der Waals surface area contributed by atoms with E-state index < -0.39 is 0 Å². The standard InChI is InChI=1S/C21H23ClN4O/c22-17-4-9-20-16(14-17)15-23-26(20)13-10-21(27)24-18-5-7-19(8-6-18)25-11-2-1-3-12-25/h4-9,14-15H,1-3,10-13H2,(H,24,27). The minimum atomic E-state index is -0.0154. The highest BCUT2D eigenvalue weighted by Crippen LogP contribution is 2.22. The molecule has 1 fully saturated rings. The minimum absolute atomic E-state index is 0.0154. The normalized spacial score (nSPS) is 14.5. The van der Waals surface area contributed by atoms with Gasteiger partial charge < -0.3 is 10.2 Å². The number of aryl methyl sites for hydroxylation is 1. The van der Waals surface area contributed by atoms with Crippen molar-refractivity contribution in [1.29, 1.82) is 0 Å². The number of hydrogen-bond acceptors (Lipinski definition) is 3. The maximum Gasteiger partial charge on any atom is 0.226 e. The maximum atomic E-state index is 12.3. The Morgan fingerprint density at radius 3 is 2.63 bits per heavy atom. The van der Waals surface area contributed by atoms with Gasteiger partial charge in [-0.05, 0) is 61.7 Å². The quantitative estimate of drug-likeness (QED) is 0.695. The molecule has 0 spiro atoms. The molecule has 2 heterocycles. The number of halogens is 1. The number of nitrogens with one attached hydrogen (secondary N) is 1. The SMILES string of the molecule is O=C(CCn1ncc2cc(Cl)ccc21)Nc1ccc(N2CCCCC2)cc1. The first-order valence-electron chi connectivity index (χ1n) is 9.45. The average molecular weight is 383 g/mol. The summed E-state index contributed by atoms with van der Waals surface area (Å²) in [7, 11) is 0. The Balaban J connectivity index is 1.33. The van der Waals surface area contributed by atoms with Crippen LogP contribution in [0.1, 0.15) is 25.7 Å². The molecule has 3 aromatic rings. The van der Waals surface area contributed by atoms with Crippen LogP contribution in [-0.2, 0) is 11.3 Å². The van der Waals surface area contributed by atoms with Crippen LogP contribution in [0.4, 0.5) is 11.4 Å². The molecule has 140 valence electrons. The van der Waals surface area contributed by atoms with Crippen molar-refractivity contribution < 1.29 is 4.79 Å². The number of hydrogen-bond donors (Lipinski definition) is 1. The van der Waals surface area contributed by atoms with Crippen molar-refractivity contribution in [2.24, 2.45) is 0 Å². The Labute approximate surface area is 163 Å². The zero-order valence-electron chi connectivity index (χ0n) is 15.2. The second-order valence-electron chi connectivity index (χ2n) is 6.96. The number of carbonyl (C=O) groups is 1. The molecule has 1 amide bonds. The number of benzene rings is 2. The van der Waals surface area contributed by atoms with Gasteiger partial charge in [0.15, 0.2) is 0 Å². The Morgan fingerprint density at radius 1 is 1.07 bits per heavy atom. The van der Waals surface area contributed by atoms with Crippen LogP contribution >= 0.6 is 11.6 Å². The van der Waals surface area contributed by atoms with E-state index in [0.29, 0.717) is 18.0 Å². The predicted molar refractivity (Wildman–Crippen MR) is 110 cm³/mol. The number of carbonyl (C=O) groups excluding carboxylic acids is 1. The van der Waals surface area contributed by atoms with E-state index >= 15 is 0 Å². The summed E-state index contributed by atoms with van der Waals surface area (Å²) in [6.45, 7) is 2.77. The molecule has 0 saturated carbocycles. The summed E-state index contributed by atoms with van der Waals surface area (Å²) in [6, 6.07) is 13.8. The summed E-state index contributed by atoms with van der Waals surface area (Å²) in [5, 5.41) is 8.99. The highest BCUT2D eigenvalue weighted by molar-refractivity contribution is 6.31. The van der Waals surface area contributed by atoms with Gasteiger partial charge in [-0.25, -0.2) is 0 Å². The number of anilines is 2. The third kappa shape index (κ3) is 4.25. The molecule has 0 radical (unpaired) electrons. The average Bonchev–Trinajstić information content (AvgIpc) is 3.09. The molecule has 1 saturated heterocycles. The molecular formula is C21H23ClN4O. The first-order valence-corrected chi connectivity index (χ1v) is 9.83. The Bertz CT molecular complexity index is 929. The van der Waals surface area contributed by atoms with Gasteiger partial charge in [-0.1, -0.05) is 11.6 Å². The van der Waals surface area contributed by atoms with E-state index in [4.69, 9.17) is 11.6 Å². The lowest BCUT2D eigenvalue weighted by molar-refractivity contribution is -0.116. The van der Waals surface area contributed by atoms with E-state index in [-0.39, 0.29) is 5.91 Å². The minimum Gasteiger partial charge on any atom is -0.372 e. The van der Waals surface area contributed by atoms with Gasteiger partial charge in [0.25, 0.3) is 0 Å². The third-order valence-electron chi connectivity index (χ3n) is 5.03. The molecule has 6 heteroatoms. The Hall–Kier alpha value is -2.53. The lowest BCUT2D eigenvalue weighted by Crippen LogP contribution is -2.29. The van der Waals surface area contributed by atoms with Gasteiger partial charge in [-0.15, -0.1) is 0 Å². The zero-order valence-corrected chi connectivity index (χ0v) is 16.0. The van der Waals surface area contributed by atoms with E-state index in [9.17, 15) is 4.79 Å². The first kappa shape index (κ1) is 17.9. The summed E-state index contributed by atoms with van der Waals surface area (Å²) < 4.78 is 1.84. The highest BCUT2D eigenvalue weighted by Gasteiger charge is 2.11. The number of piperidine rings is 1. The van der Waals surface area contributed by atoms with E-state index in [2.05, 4.69) is 27.4 Å². The van der Waals surface area contributed by atoms with Crippen molar-refractivity contribution >= 4 is 39.8 Å². The smallest absolute Gasteiger partial charge is 0.226 e. The van der Waals surface area contributed by atoms with Crippen LogP contribution in [-0.4, -0.2) is 28.8 Å². The third-order valence-corrected chi connectivity index (χ3v) is 5.26. The van der Waals surface area contributed by atoms with Crippen molar-refractivity contribution in [2.45, 2.75) is 32.2 Å². The summed E-state index contributed by atoms with van der Waals surface area (Å²) in [5.41, 5.74) is 3.05. The first-order chi connectivity index (χ1) is 13.2. The summed E-state index contributed by atoms with van der Waals surface area (Å²) in [5.74, 6) is -0.0154. The molecule has 1 aliphatic rings. The zero-order chi connectivity index (χ0) is 18.6. The van der Waals surface area contributed by atoms with Gasteiger partial charge in [-0.3, -0.25) is 9.48 Å². The van der Waals surface area contributed by atoms with Gasteiger partial charge >= 0.3 is 0 Å². The predicted octanol–water partition coefficient (Wildman–Crippen LogP) is 4.71. The number of amides is 1. The molecule has 2 aromatic carbocycles. The largest absolute Gasteiger partial charge is 0.372 e. The van der Waals surface area contributed by atoms with Gasteiger partial charge in [0.1, 0.15) is 0 Å². The maximum absolute atomic E-state index is 12.3. The van der Waals surface area contributed by atoms with Gasteiger partial charge in [0.05, 0.1) is 18.3 Å². The van der Waals surface area contributed by atoms with Crippen LogP contribution in [0.25, 0.3) is 10.9 Å². The molecule has 0 unspecified atom stereocenters. The molecular weight excluding hydrogens is 360 g/mol. The van der Waals surface area contributed by atoms with E-state index in [1.54, 1.807) is 6.20 Å². The van der Waals surface area contributed by atoms with Gasteiger partial charge in [0, 0.05) is 41.3 Å². The van der Waals surface area contributed by atoms with Crippen LogP contribution in [0.3, 0.4) is 0 Å². The van der Waals surface area contributed by atoms with Crippen LogP contribution in [0, 0.1) is 0 Å². The molecule has 1 N–H and O–H groups in total. The van der Waals surface area contributed by atoms with E-state index in [1.807, 2.05) is 35.0 Å². The number of rotatable bonds is 5. The molecule has 0 atom stereocenters. The molecule has 0 aliphatic carbocycles. The lowest BCUT2D eigenvalue weighted by Gasteiger charge is -2.28. The van der Waals surface area contributed by atoms with Crippen molar-refractivity contribution in [3.05, 3.63) is 53.7 Å². The molecule has 0 bridgehead atoms. The molecule has 1 aromatic heterocycles. The molecule has 1 aliphatic heterocycles. The fourth-order valence-electron chi connectivity index (χ4n) is 3.57. The fraction of sp³-hybridized carbons (Fsp3) is 0.333. The van der Waals surface area contributed by atoms with Gasteiger partial charge in [-0.2, -0.15) is 5.10 Å². The Kier molecular flexibility index (Phi) is 5.30. The second-order valence-corrected chi connectivity index (χ2v) is 7.40. The second kappa shape index (κ2) is 8.01. The van der Waals surface area contributed by atoms with Crippen molar-refractivity contribution in [2.75, 3.05) is 23.3 Å². The topological polar surface area (TPSA) is 50.2 Å². The number of fused-ring (bicyclic) bond motifs is 1. The van der Waals surface area contributed by atoms with E-state index in [0.717, 1.165) is 29.7 Å². The molecule has 5 nitrogen and oxygen atoms in total. The summed E-state index contributed by atoms with van der Waals surface area (Å²) >= 11 is 6.00.